The van der Waals surface area contributed by atoms with E-state index in [0.29, 0.717) is 12.1 Å². The summed E-state index contributed by atoms with van der Waals surface area (Å²) in [7, 11) is 0. The van der Waals surface area contributed by atoms with Gasteiger partial charge in [0, 0.05) is 22.9 Å². The summed E-state index contributed by atoms with van der Waals surface area (Å²) in [5, 5.41) is 21.0. The highest BCUT2D eigenvalue weighted by Gasteiger charge is 2.20. The lowest BCUT2D eigenvalue weighted by Crippen LogP contribution is -2.24. The molecule has 3 aromatic rings. The van der Waals surface area contributed by atoms with Crippen molar-refractivity contribution < 1.29 is 28.7 Å². The van der Waals surface area contributed by atoms with Gasteiger partial charge in [0.15, 0.2) is 5.82 Å². The summed E-state index contributed by atoms with van der Waals surface area (Å²) in [6, 6.07) is 17.2. The third-order valence-corrected chi connectivity index (χ3v) is 5.98. The number of hydrogen-bond acceptors (Lipinski definition) is 4. The van der Waals surface area contributed by atoms with Gasteiger partial charge in [0.25, 0.3) is 0 Å². The molecule has 0 bridgehead atoms. The van der Waals surface area contributed by atoms with Gasteiger partial charge in [-0.25, -0.2) is 13.6 Å². The van der Waals surface area contributed by atoms with Gasteiger partial charge in [0.2, 0.25) is 5.91 Å². The quantitative estimate of drug-likeness (QED) is 0.138. The molecule has 6 nitrogen and oxygen atoms in total. The molecule has 1 unspecified atom stereocenters. The van der Waals surface area contributed by atoms with Crippen LogP contribution in [0.15, 0.2) is 84.6 Å². The minimum absolute atomic E-state index is 0.0307. The highest BCUT2D eigenvalue weighted by molar-refractivity contribution is 6.31. The average Bonchev–Trinajstić information content (AvgIpc) is 2.89. The minimum Gasteiger partial charge on any atom is -0.478 e. The normalized spacial score (nSPS) is 12.7. The monoisotopic (exact) mass is 526 g/mol. The number of carboxylic acid groups (broad SMARTS) is 1. The van der Waals surface area contributed by atoms with E-state index < -0.39 is 29.1 Å². The van der Waals surface area contributed by atoms with Crippen LogP contribution >= 0.6 is 11.6 Å². The Kier molecular flexibility index (Phi) is 9.54. The molecule has 0 saturated carbocycles. The lowest BCUT2D eigenvalue weighted by molar-refractivity contribution is -0.119. The van der Waals surface area contributed by atoms with Crippen LogP contribution in [0.1, 0.15) is 34.8 Å². The topological polar surface area (TPSA) is 98.7 Å². The third kappa shape index (κ3) is 7.25. The molecule has 9 heteroatoms. The molecule has 0 radical (unpaired) electrons. The second-order valence-corrected chi connectivity index (χ2v) is 8.67. The Hall–Kier alpha value is -4.01. The molecule has 1 atom stereocenters. The first kappa shape index (κ1) is 27.6. The Morgan fingerprint density at radius 2 is 1.70 bits per heavy atom. The number of allylic oxidation sites excluding steroid dienone is 4. The first-order chi connectivity index (χ1) is 17.7. The number of nitrogens with one attached hydrogen (secondary N) is 2. The van der Waals surface area contributed by atoms with Crippen molar-refractivity contribution >= 4 is 34.7 Å². The van der Waals surface area contributed by atoms with Crippen LogP contribution in [0.4, 0.5) is 14.5 Å². The largest absolute Gasteiger partial charge is 0.478 e. The Bertz CT molecular complexity index is 1330. The Balaban J connectivity index is 1.87. The van der Waals surface area contributed by atoms with E-state index in [0.717, 1.165) is 17.7 Å². The number of halogens is 3. The third-order valence-electron chi connectivity index (χ3n) is 5.69. The number of carbonyl (C=O) groups is 2. The zero-order valence-electron chi connectivity index (χ0n) is 19.8. The van der Waals surface area contributed by atoms with Crippen LogP contribution < -0.4 is 10.8 Å². The first-order valence-corrected chi connectivity index (χ1v) is 11.7. The fourth-order valence-corrected chi connectivity index (χ4v) is 3.86. The molecule has 192 valence electrons. The fourth-order valence-electron chi connectivity index (χ4n) is 3.70. The molecule has 0 fully saturated rings. The smallest absolute Gasteiger partial charge is 0.335 e. The zero-order valence-corrected chi connectivity index (χ0v) is 20.6. The van der Waals surface area contributed by atoms with Gasteiger partial charge in [0.05, 0.1) is 16.1 Å². The van der Waals surface area contributed by atoms with E-state index >= 15 is 0 Å². The van der Waals surface area contributed by atoms with Crippen molar-refractivity contribution in [3.8, 4) is 0 Å². The average molecular weight is 527 g/mol. The van der Waals surface area contributed by atoms with E-state index in [4.69, 9.17) is 16.7 Å². The second-order valence-electron chi connectivity index (χ2n) is 8.27. The van der Waals surface area contributed by atoms with Crippen molar-refractivity contribution in [2.75, 3.05) is 5.32 Å². The summed E-state index contributed by atoms with van der Waals surface area (Å²) in [6.45, 7) is 1.44. The first-order valence-electron chi connectivity index (χ1n) is 11.3. The van der Waals surface area contributed by atoms with Gasteiger partial charge in [-0.2, -0.15) is 0 Å². The van der Waals surface area contributed by atoms with Crippen LogP contribution in [0.2, 0.25) is 5.02 Å². The summed E-state index contributed by atoms with van der Waals surface area (Å²) in [5.41, 5.74) is 3.05. The number of carbonyl (C=O) groups excluding carboxylic acids is 1. The minimum atomic E-state index is -1.07. The number of amides is 1. The fraction of sp³-hybridized carbons (Fsp3) is 0.143. The molecular formula is C28H25ClF2N2O4. The van der Waals surface area contributed by atoms with E-state index in [2.05, 4.69) is 5.32 Å². The van der Waals surface area contributed by atoms with Crippen LogP contribution in [-0.4, -0.2) is 22.2 Å². The zero-order chi connectivity index (χ0) is 26.9. The molecule has 3 aromatic carbocycles. The number of hydroxylamine groups is 1. The van der Waals surface area contributed by atoms with E-state index in [1.54, 1.807) is 6.08 Å². The molecule has 0 spiro atoms. The highest BCUT2D eigenvalue weighted by Crippen LogP contribution is 2.30. The highest BCUT2D eigenvalue weighted by atomic mass is 35.5. The number of anilines is 1. The summed E-state index contributed by atoms with van der Waals surface area (Å²) in [5.74, 6) is -3.80. The summed E-state index contributed by atoms with van der Waals surface area (Å²) >= 11 is 5.84. The van der Waals surface area contributed by atoms with Crippen molar-refractivity contribution in [2.24, 2.45) is 5.92 Å². The summed E-state index contributed by atoms with van der Waals surface area (Å²) < 4.78 is 29.2. The molecular weight excluding hydrogens is 502 g/mol. The molecule has 0 aliphatic rings. The van der Waals surface area contributed by atoms with Crippen molar-refractivity contribution in [3.63, 3.8) is 0 Å². The van der Waals surface area contributed by atoms with Gasteiger partial charge >= 0.3 is 5.97 Å². The number of carboxylic acids is 1. The van der Waals surface area contributed by atoms with Gasteiger partial charge < -0.3 is 10.4 Å². The van der Waals surface area contributed by atoms with Crippen LogP contribution in [0.25, 0.3) is 5.57 Å². The summed E-state index contributed by atoms with van der Waals surface area (Å²) in [4.78, 5) is 24.2. The molecule has 0 heterocycles. The van der Waals surface area contributed by atoms with Crippen LogP contribution in [0, 0.1) is 17.6 Å². The molecule has 0 aromatic heterocycles. The second kappa shape index (κ2) is 12.8. The van der Waals surface area contributed by atoms with E-state index in [-0.39, 0.29) is 34.2 Å². The van der Waals surface area contributed by atoms with Gasteiger partial charge in [-0.05, 0) is 61.7 Å². The van der Waals surface area contributed by atoms with Crippen molar-refractivity contribution in [1.29, 1.82) is 0 Å². The molecule has 0 aliphatic carbocycles. The number of benzene rings is 3. The molecule has 3 rings (SSSR count). The Morgan fingerprint density at radius 1 is 1.03 bits per heavy atom. The molecule has 0 saturated heterocycles. The van der Waals surface area contributed by atoms with E-state index in [9.17, 15) is 23.6 Å². The van der Waals surface area contributed by atoms with Crippen molar-refractivity contribution in [3.05, 3.63) is 118 Å². The lowest BCUT2D eigenvalue weighted by Gasteiger charge is -2.16. The van der Waals surface area contributed by atoms with Gasteiger partial charge in [-0.15, -0.1) is 0 Å². The molecule has 1 amide bonds. The van der Waals surface area contributed by atoms with Gasteiger partial charge in [-0.1, -0.05) is 54.1 Å². The standard InChI is InChI=1S/C28H25ClF2N2O4/c1-17(33-37)22(25-24(30)15-14-23(29)26(25)31)9-5-8-20(16-18-6-3-2-4-7-18)27(34)32-21-12-10-19(11-13-21)28(35)36/h2-7,9-15,20,33,37H,8,16H2,1H3,(H,32,34)(H,35,36)/b9-5-,22-17+. The SMILES string of the molecule is C/C(NO)=C(/C=C\CC(Cc1ccccc1)C(=O)Nc1ccc(C(=O)O)cc1)c1c(F)ccc(Cl)c1F. The lowest BCUT2D eigenvalue weighted by atomic mass is 9.93. The number of aromatic carboxylic acids is 1. The predicted molar refractivity (Wildman–Crippen MR) is 138 cm³/mol. The molecule has 0 aliphatic heterocycles. The number of rotatable bonds is 10. The van der Waals surface area contributed by atoms with E-state index in [1.165, 1.54) is 37.3 Å². The maximum absolute atomic E-state index is 14.7. The van der Waals surface area contributed by atoms with Crippen LogP contribution in [0.3, 0.4) is 0 Å². The maximum Gasteiger partial charge on any atom is 0.335 e. The van der Waals surface area contributed by atoms with E-state index in [1.807, 2.05) is 35.8 Å². The van der Waals surface area contributed by atoms with Crippen molar-refractivity contribution in [1.82, 2.24) is 5.48 Å². The predicted octanol–water partition coefficient (Wildman–Crippen LogP) is 6.47. The van der Waals surface area contributed by atoms with Gasteiger partial charge in [-0.3, -0.25) is 15.5 Å². The van der Waals surface area contributed by atoms with Crippen LogP contribution in [-0.2, 0) is 11.2 Å². The Morgan fingerprint density at radius 3 is 2.32 bits per heavy atom. The Labute approximate surface area is 217 Å². The molecule has 4 N–H and O–H groups in total. The number of hydrogen-bond donors (Lipinski definition) is 4. The molecule has 37 heavy (non-hydrogen) atoms. The van der Waals surface area contributed by atoms with Gasteiger partial charge in [0.1, 0.15) is 5.82 Å². The van der Waals surface area contributed by atoms with Crippen molar-refractivity contribution in [2.45, 2.75) is 19.8 Å². The van der Waals surface area contributed by atoms with Crippen LogP contribution in [0.5, 0.6) is 0 Å². The summed E-state index contributed by atoms with van der Waals surface area (Å²) in [6.07, 6.45) is 3.58. The maximum atomic E-state index is 14.7.